The Labute approximate surface area is 153 Å². The van der Waals surface area contributed by atoms with Gasteiger partial charge in [-0.05, 0) is 35.3 Å². The van der Waals surface area contributed by atoms with Gasteiger partial charge in [-0.25, -0.2) is 9.53 Å². The van der Waals surface area contributed by atoms with Gasteiger partial charge in [0.2, 0.25) is 23.5 Å². The molecule has 1 saturated carbocycles. The van der Waals surface area contributed by atoms with Gasteiger partial charge in [0.1, 0.15) is 0 Å². The van der Waals surface area contributed by atoms with E-state index in [2.05, 4.69) is 20.3 Å². The van der Waals surface area contributed by atoms with Crippen molar-refractivity contribution in [1.29, 1.82) is 0 Å². The van der Waals surface area contributed by atoms with E-state index >= 15 is 0 Å². The first-order valence-corrected chi connectivity index (χ1v) is 8.72. The molecule has 0 unspecified atom stereocenters. The molecule has 8 nitrogen and oxygen atoms in total. The number of nitrogens with one attached hydrogen (secondary N) is 1. The molecule has 0 bridgehead atoms. The summed E-state index contributed by atoms with van der Waals surface area (Å²) in [4.78, 5) is 38.8. The summed E-state index contributed by atoms with van der Waals surface area (Å²) in [7, 11) is 0. The van der Waals surface area contributed by atoms with E-state index in [1.165, 1.54) is 0 Å². The summed E-state index contributed by atoms with van der Waals surface area (Å²) in [6.07, 6.45) is 3.19. The van der Waals surface area contributed by atoms with E-state index in [4.69, 9.17) is 11.6 Å². The first-order chi connectivity index (χ1) is 12.6. The van der Waals surface area contributed by atoms with Gasteiger partial charge in [-0.1, -0.05) is 36.6 Å². The average Bonchev–Trinajstić information content (AvgIpc) is 3.18. The van der Waals surface area contributed by atoms with Gasteiger partial charge < -0.3 is 5.32 Å². The first-order valence-electron chi connectivity index (χ1n) is 8.34. The summed E-state index contributed by atoms with van der Waals surface area (Å²) in [5.41, 5.74) is 0.232. The highest BCUT2D eigenvalue weighted by Crippen LogP contribution is 2.41. The van der Waals surface area contributed by atoms with Crippen molar-refractivity contribution in [3.05, 3.63) is 34.9 Å². The predicted molar refractivity (Wildman–Crippen MR) is 91.6 cm³/mol. The molecule has 0 radical (unpaired) electrons. The number of halogens is 1. The van der Waals surface area contributed by atoms with Crippen LogP contribution in [0.4, 0.5) is 11.6 Å². The molecule has 4 rings (SSSR count). The maximum Gasteiger partial charge on any atom is 0.258 e. The summed E-state index contributed by atoms with van der Waals surface area (Å²) in [6, 6.07) is 6.49. The molecular formula is C17H15ClN4O4. The molecule has 1 aromatic carbocycles. The molecule has 9 heteroatoms. The number of amides is 3. The fraction of sp³-hybridized carbons (Fsp3) is 0.353. The molecule has 2 aromatic rings. The highest BCUT2D eigenvalue weighted by Gasteiger charge is 2.50. The highest BCUT2D eigenvalue weighted by molar-refractivity contribution is 6.34. The summed E-state index contributed by atoms with van der Waals surface area (Å²) in [5, 5.41) is 10.1. The lowest BCUT2D eigenvalue weighted by Crippen LogP contribution is -2.32. The lowest BCUT2D eigenvalue weighted by Gasteiger charge is -2.19. The number of nitrogens with zero attached hydrogens (tertiary/aromatic N) is 3. The minimum absolute atomic E-state index is 0.0877. The number of anilines is 2. The molecule has 3 amide bonds. The van der Waals surface area contributed by atoms with E-state index in [9.17, 15) is 14.4 Å². The minimum atomic E-state index is -0.538. The van der Waals surface area contributed by atoms with Crippen LogP contribution in [0.1, 0.15) is 36.0 Å². The number of hydrogen-bond donors (Lipinski definition) is 1. The minimum Gasteiger partial charge on any atom is -0.300 e. The number of carbonyl (C=O) groups excluding carboxylic acids is 3. The Hall–Kier alpha value is -2.74. The molecule has 2 fully saturated rings. The molecule has 1 N–H and O–H groups in total. The molecule has 2 aliphatic rings. The van der Waals surface area contributed by atoms with E-state index in [0.29, 0.717) is 12.8 Å². The van der Waals surface area contributed by atoms with Gasteiger partial charge in [0.25, 0.3) is 5.91 Å². The van der Waals surface area contributed by atoms with Crippen molar-refractivity contribution in [3.8, 4) is 0 Å². The second kappa shape index (κ2) is 6.53. The van der Waals surface area contributed by atoms with Crippen LogP contribution < -0.4 is 10.2 Å². The van der Waals surface area contributed by atoms with Crippen LogP contribution in [0, 0.1) is 11.8 Å². The van der Waals surface area contributed by atoms with Crippen LogP contribution in [0.5, 0.6) is 0 Å². The Morgan fingerprint density at radius 3 is 2.42 bits per heavy atom. The molecule has 0 spiro atoms. The molecule has 1 aliphatic carbocycles. The lowest BCUT2D eigenvalue weighted by molar-refractivity contribution is -0.122. The van der Waals surface area contributed by atoms with Gasteiger partial charge in [0.15, 0.2) is 0 Å². The predicted octanol–water partition coefficient (Wildman–Crippen LogP) is 2.65. The molecular weight excluding hydrogens is 360 g/mol. The molecule has 2 heterocycles. The van der Waals surface area contributed by atoms with Crippen LogP contribution in [0.2, 0.25) is 5.02 Å². The van der Waals surface area contributed by atoms with Crippen LogP contribution in [0.3, 0.4) is 0 Å². The fourth-order valence-corrected chi connectivity index (χ4v) is 3.82. The zero-order valence-electron chi connectivity index (χ0n) is 13.6. The Morgan fingerprint density at radius 2 is 1.77 bits per heavy atom. The van der Waals surface area contributed by atoms with Crippen molar-refractivity contribution < 1.29 is 19.0 Å². The van der Waals surface area contributed by atoms with Crippen LogP contribution in [-0.2, 0) is 9.59 Å². The van der Waals surface area contributed by atoms with E-state index in [1.54, 1.807) is 24.3 Å². The second-order valence-electron chi connectivity index (χ2n) is 6.38. The SMILES string of the molecule is O=C(Nc1nonc1N1C(=O)[C@H]2CCCC[C@H]2C1=O)c1ccccc1Cl. The summed E-state index contributed by atoms with van der Waals surface area (Å²) in [5.74, 6) is -2.01. The quantitative estimate of drug-likeness (QED) is 0.828. The van der Waals surface area contributed by atoms with Crippen molar-refractivity contribution in [1.82, 2.24) is 10.3 Å². The summed E-state index contributed by atoms with van der Waals surface area (Å²) >= 11 is 6.02. The number of hydrogen-bond acceptors (Lipinski definition) is 6. The van der Waals surface area contributed by atoms with Gasteiger partial charge in [0, 0.05) is 0 Å². The van der Waals surface area contributed by atoms with Crippen molar-refractivity contribution in [3.63, 3.8) is 0 Å². The van der Waals surface area contributed by atoms with E-state index < -0.39 is 5.91 Å². The van der Waals surface area contributed by atoms with E-state index in [1.807, 2.05) is 0 Å². The standard InChI is InChI=1S/C17H15ClN4O4/c18-12-8-4-3-7-11(12)15(23)19-13-14(21-26-20-13)22-16(24)9-5-1-2-6-10(9)17(22)25/h3-4,7-10H,1-2,5-6H2,(H,19,20,23)/t9-,10+. The van der Waals surface area contributed by atoms with Crippen LogP contribution in [-0.4, -0.2) is 28.0 Å². The Bertz CT molecular complexity index is 872. The Kier molecular flexibility index (Phi) is 4.20. The molecule has 1 aliphatic heterocycles. The lowest BCUT2D eigenvalue weighted by atomic mass is 9.81. The number of fused-ring (bicyclic) bond motifs is 1. The van der Waals surface area contributed by atoms with Gasteiger partial charge in [-0.3, -0.25) is 14.4 Å². The van der Waals surface area contributed by atoms with Crippen molar-refractivity contribution in [2.24, 2.45) is 11.8 Å². The fourth-order valence-electron chi connectivity index (χ4n) is 3.60. The van der Waals surface area contributed by atoms with Gasteiger partial charge in [0.05, 0.1) is 22.4 Å². The number of benzene rings is 1. The third-order valence-corrected chi connectivity index (χ3v) is 5.20. The molecule has 2 atom stereocenters. The average molecular weight is 375 g/mol. The van der Waals surface area contributed by atoms with Crippen molar-refractivity contribution >= 4 is 41.0 Å². The van der Waals surface area contributed by atoms with Crippen molar-refractivity contribution in [2.75, 3.05) is 10.2 Å². The van der Waals surface area contributed by atoms with Gasteiger partial charge in [-0.15, -0.1) is 0 Å². The zero-order chi connectivity index (χ0) is 18.3. The smallest absolute Gasteiger partial charge is 0.258 e. The third-order valence-electron chi connectivity index (χ3n) is 4.87. The highest BCUT2D eigenvalue weighted by atomic mass is 35.5. The van der Waals surface area contributed by atoms with Gasteiger partial charge >= 0.3 is 0 Å². The van der Waals surface area contributed by atoms with Crippen molar-refractivity contribution in [2.45, 2.75) is 25.7 Å². The monoisotopic (exact) mass is 374 g/mol. The zero-order valence-corrected chi connectivity index (χ0v) is 14.4. The molecule has 1 saturated heterocycles. The number of carbonyl (C=O) groups is 3. The topological polar surface area (TPSA) is 105 Å². The maximum atomic E-state index is 12.7. The summed E-state index contributed by atoms with van der Waals surface area (Å²) < 4.78 is 4.68. The number of rotatable bonds is 3. The van der Waals surface area contributed by atoms with E-state index in [0.717, 1.165) is 17.7 Å². The Morgan fingerprint density at radius 1 is 1.12 bits per heavy atom. The van der Waals surface area contributed by atoms with Gasteiger partial charge in [-0.2, -0.15) is 0 Å². The van der Waals surface area contributed by atoms with Crippen LogP contribution in [0.15, 0.2) is 28.9 Å². The normalized spacial score (nSPS) is 22.4. The second-order valence-corrected chi connectivity index (χ2v) is 6.79. The largest absolute Gasteiger partial charge is 0.300 e. The van der Waals surface area contributed by atoms with Crippen LogP contribution >= 0.6 is 11.6 Å². The van der Waals surface area contributed by atoms with Crippen LogP contribution in [0.25, 0.3) is 0 Å². The first kappa shape index (κ1) is 16.7. The Balaban J connectivity index is 1.61. The summed E-state index contributed by atoms with van der Waals surface area (Å²) in [6.45, 7) is 0. The molecule has 1 aromatic heterocycles. The molecule has 134 valence electrons. The molecule has 26 heavy (non-hydrogen) atoms. The number of imide groups is 1. The third kappa shape index (κ3) is 2.66. The maximum absolute atomic E-state index is 12.7. The number of aromatic nitrogens is 2. The van der Waals surface area contributed by atoms with E-state index in [-0.39, 0.29) is 45.9 Å².